The summed E-state index contributed by atoms with van der Waals surface area (Å²) in [7, 11) is 0. The fourth-order valence-corrected chi connectivity index (χ4v) is 2.55. The van der Waals surface area contributed by atoms with Crippen LogP contribution >= 0.6 is 11.3 Å². The van der Waals surface area contributed by atoms with Crippen molar-refractivity contribution in [2.24, 2.45) is 5.92 Å². The Morgan fingerprint density at radius 1 is 1.33 bits per heavy atom. The van der Waals surface area contributed by atoms with Gasteiger partial charge in [0.2, 0.25) is 5.91 Å². The van der Waals surface area contributed by atoms with Crippen LogP contribution in [0.4, 0.5) is 0 Å². The van der Waals surface area contributed by atoms with Gasteiger partial charge in [-0.05, 0) is 55.5 Å². The van der Waals surface area contributed by atoms with Crippen LogP contribution in [0.2, 0.25) is 0 Å². The molecular weight excluding hydrogens is 286 g/mol. The number of hydrogen-bond acceptors (Lipinski definition) is 4. The molecule has 0 saturated heterocycles. The normalized spacial score (nSPS) is 13.0. The van der Waals surface area contributed by atoms with Gasteiger partial charge >= 0.3 is 5.97 Å². The fraction of sp³-hybridized carbons (Fsp3) is 0.625. The van der Waals surface area contributed by atoms with Gasteiger partial charge in [-0.3, -0.25) is 4.79 Å². The second-order valence-electron chi connectivity index (χ2n) is 6.59. The van der Waals surface area contributed by atoms with Crippen LogP contribution in [0.15, 0.2) is 16.8 Å². The maximum absolute atomic E-state index is 12.2. The summed E-state index contributed by atoms with van der Waals surface area (Å²) in [6.07, 6.45) is 0.866. The van der Waals surface area contributed by atoms with E-state index >= 15 is 0 Å². The van der Waals surface area contributed by atoms with Crippen LogP contribution < -0.4 is 5.32 Å². The molecule has 1 heterocycles. The number of thiophene rings is 1. The summed E-state index contributed by atoms with van der Waals surface area (Å²) in [5.74, 6) is -0.219. The third-order valence-corrected chi connectivity index (χ3v) is 3.41. The van der Waals surface area contributed by atoms with Crippen LogP contribution in [0.1, 0.15) is 46.6 Å². The van der Waals surface area contributed by atoms with Crippen molar-refractivity contribution in [1.29, 1.82) is 0 Å². The molecule has 0 fully saturated rings. The lowest BCUT2D eigenvalue weighted by atomic mass is 10.0. The molecule has 0 radical (unpaired) electrons. The Hall–Kier alpha value is -1.36. The lowest BCUT2D eigenvalue weighted by Crippen LogP contribution is -2.45. The van der Waals surface area contributed by atoms with Crippen LogP contribution in [0.25, 0.3) is 0 Å². The van der Waals surface area contributed by atoms with Gasteiger partial charge in [0.25, 0.3) is 0 Å². The summed E-state index contributed by atoms with van der Waals surface area (Å²) in [4.78, 5) is 24.3. The monoisotopic (exact) mass is 311 g/mol. The third kappa shape index (κ3) is 7.27. The molecule has 0 aromatic carbocycles. The van der Waals surface area contributed by atoms with Crippen molar-refractivity contribution in [3.63, 3.8) is 0 Å². The molecule has 5 heteroatoms. The summed E-state index contributed by atoms with van der Waals surface area (Å²) in [6.45, 7) is 9.50. The number of carbonyl (C=O) groups excluding carboxylic acids is 2. The van der Waals surface area contributed by atoms with E-state index in [0.717, 1.165) is 5.56 Å². The number of esters is 1. The summed E-state index contributed by atoms with van der Waals surface area (Å²) < 4.78 is 5.39. The molecule has 1 amide bonds. The van der Waals surface area contributed by atoms with Crippen molar-refractivity contribution in [2.75, 3.05) is 0 Å². The Morgan fingerprint density at radius 2 is 2.00 bits per heavy atom. The van der Waals surface area contributed by atoms with Gasteiger partial charge in [0.15, 0.2) is 0 Å². The molecule has 0 aliphatic carbocycles. The highest BCUT2D eigenvalue weighted by atomic mass is 32.1. The van der Waals surface area contributed by atoms with Gasteiger partial charge < -0.3 is 10.1 Å². The highest BCUT2D eigenvalue weighted by Gasteiger charge is 2.27. The predicted molar refractivity (Wildman–Crippen MR) is 85.3 cm³/mol. The second kappa shape index (κ2) is 7.59. The number of nitrogens with one attached hydrogen (secondary N) is 1. The van der Waals surface area contributed by atoms with E-state index in [1.54, 1.807) is 11.3 Å². The largest absolute Gasteiger partial charge is 0.458 e. The Morgan fingerprint density at radius 3 is 2.48 bits per heavy atom. The fourth-order valence-electron chi connectivity index (χ4n) is 1.88. The molecule has 0 saturated carbocycles. The Balaban J connectivity index is 2.64. The maximum Gasteiger partial charge on any atom is 0.329 e. The Bertz CT molecular complexity index is 460. The first-order chi connectivity index (χ1) is 9.67. The van der Waals surface area contributed by atoms with E-state index in [4.69, 9.17) is 4.74 Å². The van der Waals surface area contributed by atoms with Gasteiger partial charge in [-0.1, -0.05) is 13.8 Å². The van der Waals surface area contributed by atoms with Gasteiger partial charge in [0, 0.05) is 0 Å². The lowest BCUT2D eigenvalue weighted by Gasteiger charge is -2.25. The van der Waals surface area contributed by atoms with Gasteiger partial charge in [0.05, 0.1) is 6.42 Å². The van der Waals surface area contributed by atoms with Crippen molar-refractivity contribution >= 4 is 23.2 Å². The highest BCUT2D eigenvalue weighted by Crippen LogP contribution is 2.13. The summed E-state index contributed by atoms with van der Waals surface area (Å²) in [6, 6.07) is 1.32. The molecule has 0 bridgehead atoms. The van der Waals surface area contributed by atoms with Crippen LogP contribution in [-0.2, 0) is 20.7 Å². The van der Waals surface area contributed by atoms with E-state index in [0.29, 0.717) is 18.8 Å². The zero-order chi connectivity index (χ0) is 16.0. The third-order valence-electron chi connectivity index (χ3n) is 2.68. The SMILES string of the molecule is CC(C)C[C@H](NC(=O)Cc1ccsc1)C(=O)OC(C)(C)C. The predicted octanol–water partition coefficient (Wildman–Crippen LogP) is 3.16. The minimum Gasteiger partial charge on any atom is -0.458 e. The Labute approximate surface area is 130 Å². The standard InChI is InChI=1S/C16H25NO3S/c1-11(2)8-13(15(19)20-16(3,4)5)17-14(18)9-12-6-7-21-10-12/h6-7,10-11,13H,8-9H2,1-5H3,(H,17,18)/t13-/m0/s1. The number of ether oxygens (including phenoxy) is 1. The molecule has 1 N–H and O–H groups in total. The first-order valence-electron chi connectivity index (χ1n) is 7.20. The van der Waals surface area contributed by atoms with Crippen LogP contribution in [0, 0.1) is 5.92 Å². The molecule has 0 unspecified atom stereocenters. The molecule has 1 aromatic rings. The van der Waals surface area contributed by atoms with Crippen molar-refractivity contribution < 1.29 is 14.3 Å². The minimum atomic E-state index is -0.588. The van der Waals surface area contributed by atoms with Gasteiger partial charge in [-0.25, -0.2) is 4.79 Å². The number of carbonyl (C=O) groups is 2. The molecule has 0 aliphatic heterocycles. The number of rotatable bonds is 6. The van der Waals surface area contributed by atoms with E-state index in [1.165, 1.54) is 0 Å². The molecule has 4 nitrogen and oxygen atoms in total. The quantitative estimate of drug-likeness (QED) is 0.821. The van der Waals surface area contributed by atoms with E-state index in [1.807, 2.05) is 51.4 Å². The van der Waals surface area contributed by atoms with E-state index in [-0.39, 0.29) is 11.9 Å². The average molecular weight is 311 g/mol. The zero-order valence-electron chi connectivity index (χ0n) is 13.4. The zero-order valence-corrected chi connectivity index (χ0v) is 14.3. The van der Waals surface area contributed by atoms with Crippen LogP contribution in [0.5, 0.6) is 0 Å². The van der Waals surface area contributed by atoms with Crippen LogP contribution in [0.3, 0.4) is 0 Å². The molecular formula is C16H25NO3S. The van der Waals surface area contributed by atoms with Crippen LogP contribution in [-0.4, -0.2) is 23.5 Å². The number of hydrogen-bond donors (Lipinski definition) is 1. The number of amides is 1. The van der Waals surface area contributed by atoms with Crippen molar-refractivity contribution in [1.82, 2.24) is 5.32 Å². The second-order valence-corrected chi connectivity index (χ2v) is 7.37. The topological polar surface area (TPSA) is 55.4 Å². The van der Waals surface area contributed by atoms with Crippen molar-refractivity contribution in [2.45, 2.75) is 59.1 Å². The van der Waals surface area contributed by atoms with E-state index in [2.05, 4.69) is 5.32 Å². The minimum absolute atomic E-state index is 0.148. The molecule has 1 aromatic heterocycles. The smallest absolute Gasteiger partial charge is 0.329 e. The first kappa shape index (κ1) is 17.7. The summed E-state index contributed by atoms with van der Waals surface area (Å²) in [5, 5.41) is 6.67. The van der Waals surface area contributed by atoms with Gasteiger partial charge in [0.1, 0.15) is 11.6 Å². The van der Waals surface area contributed by atoms with E-state index < -0.39 is 11.6 Å². The van der Waals surface area contributed by atoms with Gasteiger partial charge in [-0.2, -0.15) is 11.3 Å². The molecule has 21 heavy (non-hydrogen) atoms. The van der Waals surface area contributed by atoms with E-state index in [9.17, 15) is 9.59 Å². The average Bonchev–Trinajstić information content (AvgIpc) is 2.77. The van der Waals surface area contributed by atoms with Crippen molar-refractivity contribution in [3.05, 3.63) is 22.4 Å². The Kier molecular flexibility index (Phi) is 6.40. The maximum atomic E-state index is 12.2. The highest BCUT2D eigenvalue weighted by molar-refractivity contribution is 7.07. The van der Waals surface area contributed by atoms with Gasteiger partial charge in [-0.15, -0.1) is 0 Å². The molecule has 118 valence electrons. The van der Waals surface area contributed by atoms with Crippen molar-refractivity contribution in [3.8, 4) is 0 Å². The molecule has 0 aliphatic rings. The summed E-state index contributed by atoms with van der Waals surface area (Å²) in [5.41, 5.74) is 0.412. The summed E-state index contributed by atoms with van der Waals surface area (Å²) >= 11 is 1.55. The lowest BCUT2D eigenvalue weighted by molar-refractivity contribution is -0.159. The molecule has 0 spiro atoms. The first-order valence-corrected chi connectivity index (χ1v) is 8.15. The molecule has 1 rings (SSSR count). The molecule has 1 atom stereocenters.